The Balaban J connectivity index is 2.75. The average molecular weight is 284 g/mol. The van der Waals surface area contributed by atoms with Crippen molar-refractivity contribution < 1.29 is 0 Å². The van der Waals surface area contributed by atoms with E-state index in [2.05, 4.69) is 66.3 Å². The van der Waals surface area contributed by atoms with Crippen molar-refractivity contribution >= 4 is 15.9 Å². The van der Waals surface area contributed by atoms with Gasteiger partial charge >= 0.3 is 0 Å². The van der Waals surface area contributed by atoms with Gasteiger partial charge in [-0.2, -0.15) is 0 Å². The predicted octanol–water partition coefficient (Wildman–Crippen LogP) is 3.87. The van der Waals surface area contributed by atoms with Gasteiger partial charge in [0, 0.05) is 10.5 Å². The summed E-state index contributed by atoms with van der Waals surface area (Å²) in [5.74, 6) is 1.38. The zero-order valence-electron chi connectivity index (χ0n) is 10.6. The van der Waals surface area contributed by atoms with Crippen LogP contribution in [0.15, 0.2) is 28.7 Å². The second-order valence-corrected chi connectivity index (χ2v) is 5.73. The lowest BCUT2D eigenvalue weighted by molar-refractivity contribution is 0.300. The van der Waals surface area contributed by atoms with Crippen LogP contribution >= 0.6 is 15.9 Å². The summed E-state index contributed by atoms with van der Waals surface area (Å²) >= 11 is 3.53. The molecule has 0 saturated carbocycles. The van der Waals surface area contributed by atoms with E-state index in [4.69, 9.17) is 0 Å². The summed E-state index contributed by atoms with van der Waals surface area (Å²) < 4.78 is 1.17. The van der Waals surface area contributed by atoms with Gasteiger partial charge in [0.1, 0.15) is 0 Å². The maximum absolute atomic E-state index is 3.53. The Labute approximate surface area is 108 Å². The second-order valence-electron chi connectivity index (χ2n) is 4.82. The Bertz CT molecular complexity index is 322. The lowest BCUT2D eigenvalue weighted by Crippen LogP contribution is -2.35. The molecule has 16 heavy (non-hydrogen) atoms. The molecule has 0 aromatic heterocycles. The van der Waals surface area contributed by atoms with Crippen LogP contribution in [0.5, 0.6) is 0 Å². The van der Waals surface area contributed by atoms with Gasteiger partial charge in [-0.05, 0) is 49.9 Å². The third-order valence-corrected chi connectivity index (χ3v) is 3.81. The second kappa shape index (κ2) is 6.41. The summed E-state index contributed by atoms with van der Waals surface area (Å²) in [4.78, 5) is 0. The summed E-state index contributed by atoms with van der Waals surface area (Å²) in [7, 11) is 2.04. The fourth-order valence-electron chi connectivity index (χ4n) is 2.14. The zero-order valence-corrected chi connectivity index (χ0v) is 12.2. The fraction of sp³-hybridized carbons (Fsp3) is 0.571. The first-order chi connectivity index (χ1) is 7.54. The molecule has 0 heterocycles. The zero-order chi connectivity index (χ0) is 12.1. The minimum absolute atomic E-state index is 0.555. The van der Waals surface area contributed by atoms with Crippen molar-refractivity contribution in [2.24, 2.45) is 11.8 Å². The molecule has 1 rings (SSSR count). The van der Waals surface area contributed by atoms with Crippen molar-refractivity contribution in [1.29, 1.82) is 0 Å². The van der Waals surface area contributed by atoms with Crippen molar-refractivity contribution in [3.05, 3.63) is 34.3 Å². The van der Waals surface area contributed by atoms with E-state index in [0.29, 0.717) is 17.9 Å². The number of benzene rings is 1. The standard InChI is InChI=1S/C14H22BrN/c1-10(2)14(11(3)16-4)9-12-6-5-7-13(15)8-12/h5-8,10-11,14,16H,9H2,1-4H3. The van der Waals surface area contributed by atoms with E-state index in [1.165, 1.54) is 10.0 Å². The lowest BCUT2D eigenvalue weighted by Gasteiger charge is -2.27. The molecular formula is C14H22BrN. The van der Waals surface area contributed by atoms with Crippen molar-refractivity contribution in [3.8, 4) is 0 Å². The number of nitrogens with one attached hydrogen (secondary N) is 1. The summed E-state index contributed by atoms with van der Waals surface area (Å²) in [5, 5.41) is 3.37. The predicted molar refractivity (Wildman–Crippen MR) is 74.7 cm³/mol. The first kappa shape index (κ1) is 13.7. The topological polar surface area (TPSA) is 12.0 Å². The summed E-state index contributed by atoms with van der Waals surface area (Å²) in [6.07, 6.45) is 1.14. The van der Waals surface area contributed by atoms with Gasteiger partial charge < -0.3 is 5.32 Å². The van der Waals surface area contributed by atoms with E-state index in [9.17, 15) is 0 Å². The Morgan fingerprint density at radius 2 is 1.94 bits per heavy atom. The monoisotopic (exact) mass is 283 g/mol. The average Bonchev–Trinajstić information content (AvgIpc) is 2.24. The Morgan fingerprint density at radius 1 is 1.25 bits per heavy atom. The molecule has 1 aromatic rings. The van der Waals surface area contributed by atoms with Gasteiger partial charge in [-0.1, -0.05) is 41.9 Å². The molecule has 1 N–H and O–H groups in total. The van der Waals surface area contributed by atoms with Crippen molar-refractivity contribution in [3.63, 3.8) is 0 Å². The molecule has 0 radical (unpaired) electrons. The van der Waals surface area contributed by atoms with E-state index in [0.717, 1.165) is 6.42 Å². The molecule has 1 nitrogen and oxygen atoms in total. The third kappa shape index (κ3) is 3.91. The highest BCUT2D eigenvalue weighted by molar-refractivity contribution is 9.10. The van der Waals surface area contributed by atoms with Crippen LogP contribution in [0.25, 0.3) is 0 Å². The van der Waals surface area contributed by atoms with Crippen LogP contribution < -0.4 is 5.32 Å². The molecule has 0 fully saturated rings. The van der Waals surface area contributed by atoms with Crippen molar-refractivity contribution in [2.45, 2.75) is 33.2 Å². The molecule has 90 valence electrons. The van der Waals surface area contributed by atoms with Gasteiger partial charge in [0.25, 0.3) is 0 Å². The van der Waals surface area contributed by atoms with Gasteiger partial charge in [0.2, 0.25) is 0 Å². The number of hydrogen-bond acceptors (Lipinski definition) is 1. The van der Waals surface area contributed by atoms with Gasteiger partial charge in [-0.3, -0.25) is 0 Å². The molecule has 1 aromatic carbocycles. The lowest BCUT2D eigenvalue weighted by atomic mass is 9.84. The summed E-state index contributed by atoms with van der Waals surface area (Å²) in [5.41, 5.74) is 1.41. The Hall–Kier alpha value is -0.340. The minimum Gasteiger partial charge on any atom is -0.317 e. The highest BCUT2D eigenvalue weighted by atomic mass is 79.9. The SMILES string of the molecule is CNC(C)C(Cc1cccc(Br)c1)C(C)C. The van der Waals surface area contributed by atoms with Crippen LogP contribution in [0.3, 0.4) is 0 Å². The molecule has 0 aliphatic carbocycles. The molecule has 2 atom stereocenters. The first-order valence-electron chi connectivity index (χ1n) is 5.96. The molecule has 0 bridgehead atoms. The quantitative estimate of drug-likeness (QED) is 0.865. The van der Waals surface area contributed by atoms with E-state index in [1.807, 2.05) is 7.05 Å². The van der Waals surface area contributed by atoms with Crippen LogP contribution in [0, 0.1) is 11.8 Å². The van der Waals surface area contributed by atoms with Gasteiger partial charge in [-0.25, -0.2) is 0 Å². The highest BCUT2D eigenvalue weighted by Crippen LogP contribution is 2.22. The minimum atomic E-state index is 0.555. The highest BCUT2D eigenvalue weighted by Gasteiger charge is 2.19. The molecule has 0 amide bonds. The fourth-order valence-corrected chi connectivity index (χ4v) is 2.59. The van der Waals surface area contributed by atoms with E-state index < -0.39 is 0 Å². The Morgan fingerprint density at radius 3 is 2.44 bits per heavy atom. The van der Waals surface area contributed by atoms with Gasteiger partial charge in [0.15, 0.2) is 0 Å². The largest absolute Gasteiger partial charge is 0.317 e. The maximum atomic E-state index is 3.53. The maximum Gasteiger partial charge on any atom is 0.0177 e. The molecule has 0 saturated heterocycles. The van der Waals surface area contributed by atoms with E-state index in [1.54, 1.807) is 0 Å². The number of halogens is 1. The Kier molecular flexibility index (Phi) is 5.50. The summed E-state index contributed by atoms with van der Waals surface area (Å²) in [6.45, 7) is 6.87. The van der Waals surface area contributed by atoms with Crippen LogP contribution in [-0.2, 0) is 6.42 Å². The van der Waals surface area contributed by atoms with E-state index in [-0.39, 0.29) is 0 Å². The molecule has 2 unspecified atom stereocenters. The van der Waals surface area contributed by atoms with Crippen LogP contribution in [0.2, 0.25) is 0 Å². The van der Waals surface area contributed by atoms with Crippen LogP contribution in [0.1, 0.15) is 26.3 Å². The number of rotatable bonds is 5. The smallest absolute Gasteiger partial charge is 0.0177 e. The van der Waals surface area contributed by atoms with Crippen molar-refractivity contribution in [2.75, 3.05) is 7.05 Å². The molecule has 0 spiro atoms. The molecule has 0 aliphatic rings. The van der Waals surface area contributed by atoms with Crippen molar-refractivity contribution in [1.82, 2.24) is 5.32 Å². The third-order valence-electron chi connectivity index (χ3n) is 3.31. The van der Waals surface area contributed by atoms with Gasteiger partial charge in [-0.15, -0.1) is 0 Å². The molecular weight excluding hydrogens is 262 g/mol. The molecule has 2 heteroatoms. The van der Waals surface area contributed by atoms with Gasteiger partial charge in [0.05, 0.1) is 0 Å². The normalized spacial score (nSPS) is 15.1. The van der Waals surface area contributed by atoms with Crippen LogP contribution in [0.4, 0.5) is 0 Å². The summed E-state index contributed by atoms with van der Waals surface area (Å²) in [6, 6.07) is 9.18. The molecule has 0 aliphatic heterocycles. The first-order valence-corrected chi connectivity index (χ1v) is 6.75. The van der Waals surface area contributed by atoms with E-state index >= 15 is 0 Å². The van der Waals surface area contributed by atoms with Crippen LogP contribution in [-0.4, -0.2) is 13.1 Å². The number of hydrogen-bond donors (Lipinski definition) is 1.